The minimum Gasteiger partial charge on any atom is -0.493 e. The molecule has 1 fully saturated rings. The van der Waals surface area contributed by atoms with Crippen molar-refractivity contribution in [1.82, 2.24) is 0 Å². The molecule has 0 saturated heterocycles. The number of aliphatic hydroxyl groups is 1. The fraction of sp³-hybridized carbons (Fsp3) is 0.455. The molecule has 2 atom stereocenters. The van der Waals surface area contributed by atoms with Crippen LogP contribution in [0.15, 0.2) is 42.5 Å². The molecule has 146 valence electrons. The van der Waals surface area contributed by atoms with Gasteiger partial charge in [-0.2, -0.15) is 0 Å². The van der Waals surface area contributed by atoms with E-state index in [-0.39, 0.29) is 5.92 Å². The van der Waals surface area contributed by atoms with E-state index in [0.29, 0.717) is 23.9 Å². The van der Waals surface area contributed by atoms with E-state index in [4.69, 9.17) is 19.9 Å². The smallest absolute Gasteiger partial charge is 0.164 e. The maximum atomic E-state index is 10.8. The number of rotatable bonds is 8. The lowest BCUT2D eigenvalue weighted by Gasteiger charge is -2.27. The van der Waals surface area contributed by atoms with E-state index < -0.39 is 12.1 Å². The van der Waals surface area contributed by atoms with E-state index >= 15 is 0 Å². The van der Waals surface area contributed by atoms with Crippen LogP contribution in [0.25, 0.3) is 0 Å². The quantitative estimate of drug-likeness (QED) is 0.738. The van der Waals surface area contributed by atoms with E-state index in [0.717, 1.165) is 36.8 Å². The van der Waals surface area contributed by atoms with Crippen LogP contribution in [0.2, 0.25) is 0 Å². The Morgan fingerprint density at radius 3 is 2.26 bits per heavy atom. The molecule has 1 saturated carbocycles. The molecule has 0 heterocycles. The summed E-state index contributed by atoms with van der Waals surface area (Å²) < 4.78 is 16.9. The third kappa shape index (κ3) is 4.54. The molecule has 1 aliphatic carbocycles. The molecule has 0 bridgehead atoms. The normalized spacial score (nSPS) is 16.7. The highest BCUT2D eigenvalue weighted by Crippen LogP contribution is 2.40. The molecule has 0 radical (unpaired) electrons. The summed E-state index contributed by atoms with van der Waals surface area (Å²) in [6.07, 6.45) is 3.73. The summed E-state index contributed by atoms with van der Waals surface area (Å²) >= 11 is 0. The van der Waals surface area contributed by atoms with Crippen LogP contribution in [-0.4, -0.2) is 25.4 Å². The van der Waals surface area contributed by atoms with Gasteiger partial charge in [-0.1, -0.05) is 43.2 Å². The van der Waals surface area contributed by atoms with Crippen molar-refractivity contribution in [1.29, 1.82) is 0 Å². The minimum atomic E-state index is -0.607. The van der Waals surface area contributed by atoms with Gasteiger partial charge in [-0.15, -0.1) is 0 Å². The Kier molecular flexibility index (Phi) is 6.58. The maximum absolute atomic E-state index is 10.8. The van der Waals surface area contributed by atoms with Gasteiger partial charge in [-0.05, 0) is 30.4 Å². The summed E-state index contributed by atoms with van der Waals surface area (Å²) in [5.74, 6) is 2.00. The second-order valence-electron chi connectivity index (χ2n) is 7.08. The van der Waals surface area contributed by atoms with Crippen LogP contribution in [0.5, 0.6) is 17.2 Å². The average molecular weight is 371 g/mol. The lowest BCUT2D eigenvalue weighted by atomic mass is 9.90. The fourth-order valence-corrected chi connectivity index (χ4v) is 3.77. The number of hydrogen-bond acceptors (Lipinski definition) is 5. The first-order valence-corrected chi connectivity index (χ1v) is 9.50. The molecule has 0 unspecified atom stereocenters. The van der Waals surface area contributed by atoms with Gasteiger partial charge in [0.1, 0.15) is 12.4 Å². The highest BCUT2D eigenvalue weighted by molar-refractivity contribution is 5.52. The van der Waals surface area contributed by atoms with E-state index in [1.54, 1.807) is 20.3 Å². The van der Waals surface area contributed by atoms with Gasteiger partial charge in [0.25, 0.3) is 0 Å². The molecule has 5 nitrogen and oxygen atoms in total. The number of aliphatic hydroxyl groups excluding tert-OH is 1. The van der Waals surface area contributed by atoms with Crippen LogP contribution in [0, 0.1) is 5.92 Å². The van der Waals surface area contributed by atoms with Gasteiger partial charge < -0.3 is 25.1 Å². The van der Waals surface area contributed by atoms with Crippen LogP contribution in [0.4, 0.5) is 0 Å². The Balaban J connectivity index is 1.88. The van der Waals surface area contributed by atoms with Gasteiger partial charge in [0.05, 0.1) is 26.4 Å². The van der Waals surface area contributed by atoms with Crippen LogP contribution in [0.1, 0.15) is 42.9 Å². The van der Waals surface area contributed by atoms with Gasteiger partial charge in [0.15, 0.2) is 11.5 Å². The standard InChI is InChI=1S/C22H29NO4/c1-25-19-12-17(21(23)22(24)16-10-6-7-11-16)18(13-20(19)26-2)27-14-15-8-4-3-5-9-15/h3-5,8-9,12-13,16,21-22,24H,6-7,10-11,14,23H2,1-2H3/t21-,22+/m0/s1. The second kappa shape index (κ2) is 9.11. The van der Waals surface area contributed by atoms with Gasteiger partial charge in [-0.25, -0.2) is 0 Å². The summed E-state index contributed by atoms with van der Waals surface area (Å²) in [4.78, 5) is 0. The van der Waals surface area contributed by atoms with Crippen molar-refractivity contribution < 1.29 is 19.3 Å². The van der Waals surface area contributed by atoms with Crippen molar-refractivity contribution in [2.75, 3.05) is 14.2 Å². The number of nitrogens with two attached hydrogens (primary N) is 1. The molecule has 1 aliphatic rings. The molecule has 0 aliphatic heterocycles. The van der Waals surface area contributed by atoms with Crippen LogP contribution in [-0.2, 0) is 6.61 Å². The minimum absolute atomic E-state index is 0.232. The lowest BCUT2D eigenvalue weighted by Crippen LogP contribution is -2.32. The molecular formula is C22H29NO4. The molecule has 5 heteroatoms. The average Bonchev–Trinajstić information content (AvgIpc) is 3.26. The molecule has 2 aromatic rings. The predicted octanol–water partition coefficient (Wildman–Crippen LogP) is 3.83. The first-order valence-electron chi connectivity index (χ1n) is 9.50. The maximum Gasteiger partial charge on any atom is 0.164 e. The molecule has 2 aromatic carbocycles. The van der Waals surface area contributed by atoms with E-state index in [2.05, 4.69) is 0 Å². The zero-order valence-electron chi connectivity index (χ0n) is 16.1. The van der Waals surface area contributed by atoms with Crippen LogP contribution < -0.4 is 19.9 Å². The van der Waals surface area contributed by atoms with Gasteiger partial charge in [0, 0.05) is 11.6 Å². The molecule has 3 N–H and O–H groups in total. The third-order valence-electron chi connectivity index (χ3n) is 5.36. The predicted molar refractivity (Wildman–Crippen MR) is 105 cm³/mol. The summed E-state index contributed by atoms with van der Waals surface area (Å²) in [6.45, 7) is 0.412. The number of benzene rings is 2. The lowest BCUT2D eigenvalue weighted by molar-refractivity contribution is 0.0830. The summed E-state index contributed by atoms with van der Waals surface area (Å²) in [5.41, 5.74) is 8.27. The largest absolute Gasteiger partial charge is 0.493 e. The zero-order chi connectivity index (χ0) is 19.2. The molecule has 27 heavy (non-hydrogen) atoms. The molecule has 0 spiro atoms. The Bertz CT molecular complexity index is 729. The van der Waals surface area contributed by atoms with Crippen LogP contribution >= 0.6 is 0 Å². The van der Waals surface area contributed by atoms with Crippen LogP contribution in [0.3, 0.4) is 0 Å². The van der Waals surface area contributed by atoms with Crippen molar-refractivity contribution in [2.45, 2.75) is 44.4 Å². The molecule has 0 aromatic heterocycles. The topological polar surface area (TPSA) is 73.9 Å². The van der Waals surface area contributed by atoms with Gasteiger partial charge in [0.2, 0.25) is 0 Å². The second-order valence-corrected chi connectivity index (χ2v) is 7.08. The highest BCUT2D eigenvalue weighted by Gasteiger charge is 2.31. The number of ether oxygens (including phenoxy) is 3. The third-order valence-corrected chi connectivity index (χ3v) is 5.36. The highest BCUT2D eigenvalue weighted by atomic mass is 16.5. The Morgan fingerprint density at radius 1 is 1.00 bits per heavy atom. The summed E-state index contributed by atoms with van der Waals surface area (Å²) in [7, 11) is 3.18. The van der Waals surface area contributed by atoms with Crippen molar-refractivity contribution in [2.24, 2.45) is 11.7 Å². The Labute approximate surface area is 161 Å². The SMILES string of the molecule is COc1cc(OCc2ccccc2)c([C@H](N)[C@H](O)C2CCCC2)cc1OC. The molecule has 0 amide bonds. The van der Waals surface area contributed by atoms with Gasteiger partial charge >= 0.3 is 0 Å². The van der Waals surface area contributed by atoms with Crippen molar-refractivity contribution in [3.63, 3.8) is 0 Å². The monoisotopic (exact) mass is 371 g/mol. The Morgan fingerprint density at radius 2 is 1.63 bits per heavy atom. The zero-order valence-corrected chi connectivity index (χ0v) is 16.1. The van der Waals surface area contributed by atoms with Crippen molar-refractivity contribution in [3.05, 3.63) is 53.6 Å². The van der Waals surface area contributed by atoms with Crippen molar-refractivity contribution >= 4 is 0 Å². The first-order chi connectivity index (χ1) is 13.1. The number of hydrogen-bond donors (Lipinski definition) is 2. The van der Waals surface area contributed by atoms with E-state index in [9.17, 15) is 5.11 Å². The van der Waals surface area contributed by atoms with Crippen molar-refractivity contribution in [3.8, 4) is 17.2 Å². The van der Waals surface area contributed by atoms with E-state index in [1.165, 1.54) is 0 Å². The summed E-state index contributed by atoms with van der Waals surface area (Å²) in [6, 6.07) is 13.0. The molecular weight excluding hydrogens is 342 g/mol. The molecule has 3 rings (SSSR count). The van der Waals surface area contributed by atoms with E-state index in [1.807, 2.05) is 36.4 Å². The fourth-order valence-electron chi connectivity index (χ4n) is 3.77. The van der Waals surface area contributed by atoms with Gasteiger partial charge in [-0.3, -0.25) is 0 Å². The Hall–Kier alpha value is -2.24. The summed E-state index contributed by atoms with van der Waals surface area (Å²) in [5, 5.41) is 10.8. The first kappa shape index (κ1) is 19.5. The number of methoxy groups -OCH3 is 2.